The molecule has 1 aromatic heterocycles. The molecule has 1 saturated carbocycles. The SMILES string of the molecule is CC1CC(N)(c2nc3c(s2)CCC3)C1. The van der Waals surface area contributed by atoms with E-state index in [1.807, 2.05) is 11.3 Å². The molecule has 0 aliphatic heterocycles. The van der Waals surface area contributed by atoms with E-state index in [9.17, 15) is 0 Å². The number of fused-ring (bicyclic) bond motifs is 1. The normalized spacial score (nSPS) is 35.4. The van der Waals surface area contributed by atoms with E-state index in [2.05, 4.69) is 6.92 Å². The van der Waals surface area contributed by atoms with Crippen LogP contribution >= 0.6 is 11.3 Å². The van der Waals surface area contributed by atoms with Crippen molar-refractivity contribution in [2.45, 2.75) is 44.6 Å². The molecule has 2 aliphatic rings. The first kappa shape index (κ1) is 8.86. The van der Waals surface area contributed by atoms with E-state index in [1.165, 1.54) is 34.8 Å². The van der Waals surface area contributed by atoms with Gasteiger partial charge in [0.15, 0.2) is 0 Å². The molecular weight excluding hydrogens is 192 g/mol. The first-order chi connectivity index (χ1) is 6.67. The number of hydrogen-bond acceptors (Lipinski definition) is 3. The van der Waals surface area contributed by atoms with Gasteiger partial charge in [-0.05, 0) is 38.0 Å². The maximum atomic E-state index is 6.32. The van der Waals surface area contributed by atoms with Crippen molar-refractivity contribution in [3.63, 3.8) is 0 Å². The number of rotatable bonds is 1. The molecule has 0 saturated heterocycles. The fourth-order valence-electron chi connectivity index (χ4n) is 2.76. The van der Waals surface area contributed by atoms with Crippen LogP contribution in [0.3, 0.4) is 0 Å². The van der Waals surface area contributed by atoms with Crippen molar-refractivity contribution in [1.82, 2.24) is 4.98 Å². The summed E-state index contributed by atoms with van der Waals surface area (Å²) in [7, 11) is 0. The molecule has 0 radical (unpaired) electrons. The van der Waals surface area contributed by atoms with E-state index in [4.69, 9.17) is 10.7 Å². The van der Waals surface area contributed by atoms with Crippen LogP contribution < -0.4 is 5.73 Å². The van der Waals surface area contributed by atoms with E-state index in [-0.39, 0.29) is 5.54 Å². The van der Waals surface area contributed by atoms with Gasteiger partial charge >= 0.3 is 0 Å². The Bertz CT molecular complexity index is 342. The molecule has 0 bridgehead atoms. The second kappa shape index (κ2) is 2.80. The van der Waals surface area contributed by atoms with Crippen molar-refractivity contribution in [3.8, 4) is 0 Å². The number of aryl methyl sites for hydroxylation is 2. The minimum atomic E-state index is -0.0611. The van der Waals surface area contributed by atoms with Crippen LogP contribution in [0.5, 0.6) is 0 Å². The van der Waals surface area contributed by atoms with Gasteiger partial charge in [-0.2, -0.15) is 0 Å². The standard InChI is InChI=1S/C11H16N2S/c1-7-5-11(12,6-7)10-13-8-3-2-4-9(8)14-10/h7H,2-6,12H2,1H3. The molecule has 2 N–H and O–H groups in total. The second-order valence-electron chi connectivity index (χ2n) is 4.91. The van der Waals surface area contributed by atoms with Crippen LogP contribution in [0.2, 0.25) is 0 Å². The highest BCUT2D eigenvalue weighted by Crippen LogP contribution is 2.45. The lowest BCUT2D eigenvalue weighted by molar-refractivity contribution is 0.163. The number of nitrogens with two attached hydrogens (primary N) is 1. The van der Waals surface area contributed by atoms with E-state index in [0.717, 1.165) is 18.8 Å². The Balaban J connectivity index is 1.90. The summed E-state index contributed by atoms with van der Waals surface area (Å²) in [4.78, 5) is 6.22. The van der Waals surface area contributed by atoms with Gasteiger partial charge in [-0.15, -0.1) is 11.3 Å². The highest BCUT2D eigenvalue weighted by Gasteiger charge is 2.42. The maximum absolute atomic E-state index is 6.32. The largest absolute Gasteiger partial charge is 0.319 e. The fraction of sp³-hybridized carbons (Fsp3) is 0.727. The Morgan fingerprint density at radius 3 is 2.86 bits per heavy atom. The molecular formula is C11H16N2S. The summed E-state index contributed by atoms with van der Waals surface area (Å²) in [6.45, 7) is 2.27. The minimum Gasteiger partial charge on any atom is -0.319 e. The molecule has 3 heteroatoms. The molecule has 2 aliphatic carbocycles. The van der Waals surface area contributed by atoms with E-state index in [0.29, 0.717) is 0 Å². The van der Waals surface area contributed by atoms with E-state index < -0.39 is 0 Å². The molecule has 0 aromatic carbocycles. The zero-order valence-corrected chi connectivity index (χ0v) is 9.36. The zero-order valence-electron chi connectivity index (χ0n) is 8.55. The summed E-state index contributed by atoms with van der Waals surface area (Å²) in [6.07, 6.45) is 5.96. The zero-order chi connectivity index (χ0) is 9.76. The third kappa shape index (κ3) is 1.15. The van der Waals surface area contributed by atoms with Crippen LogP contribution in [0.25, 0.3) is 0 Å². The Morgan fingerprint density at radius 2 is 2.21 bits per heavy atom. The van der Waals surface area contributed by atoms with Crippen LogP contribution in [0.1, 0.15) is 41.8 Å². The summed E-state index contributed by atoms with van der Waals surface area (Å²) in [5, 5.41) is 1.21. The Kier molecular flexibility index (Phi) is 1.77. The summed E-state index contributed by atoms with van der Waals surface area (Å²) < 4.78 is 0. The van der Waals surface area contributed by atoms with Crippen LogP contribution in [-0.4, -0.2) is 4.98 Å². The van der Waals surface area contributed by atoms with Crippen molar-refractivity contribution in [1.29, 1.82) is 0 Å². The predicted octanol–water partition coefficient (Wildman–Crippen LogP) is 2.22. The van der Waals surface area contributed by atoms with Gasteiger partial charge < -0.3 is 5.73 Å². The summed E-state index contributed by atoms with van der Waals surface area (Å²) in [5.41, 5.74) is 7.60. The van der Waals surface area contributed by atoms with Crippen molar-refractivity contribution in [3.05, 3.63) is 15.6 Å². The monoisotopic (exact) mass is 208 g/mol. The molecule has 3 rings (SSSR count). The van der Waals surface area contributed by atoms with Gasteiger partial charge in [-0.25, -0.2) is 4.98 Å². The smallest absolute Gasteiger partial charge is 0.113 e. The highest BCUT2D eigenvalue weighted by atomic mass is 32.1. The second-order valence-corrected chi connectivity index (χ2v) is 6.00. The predicted molar refractivity (Wildman–Crippen MR) is 58.4 cm³/mol. The fourth-order valence-corrected chi connectivity index (χ4v) is 4.03. The van der Waals surface area contributed by atoms with Gasteiger partial charge in [-0.3, -0.25) is 0 Å². The van der Waals surface area contributed by atoms with Gasteiger partial charge in [0.1, 0.15) is 5.01 Å². The quantitative estimate of drug-likeness (QED) is 0.768. The average molecular weight is 208 g/mol. The lowest BCUT2D eigenvalue weighted by Gasteiger charge is -2.41. The highest BCUT2D eigenvalue weighted by molar-refractivity contribution is 7.12. The van der Waals surface area contributed by atoms with Gasteiger partial charge in [0, 0.05) is 4.88 Å². The van der Waals surface area contributed by atoms with Gasteiger partial charge in [0.2, 0.25) is 0 Å². The van der Waals surface area contributed by atoms with Gasteiger partial charge in [0.05, 0.1) is 11.2 Å². The summed E-state index contributed by atoms with van der Waals surface area (Å²) in [6, 6.07) is 0. The van der Waals surface area contributed by atoms with Gasteiger partial charge in [0.25, 0.3) is 0 Å². The average Bonchev–Trinajstić information content (AvgIpc) is 2.57. The van der Waals surface area contributed by atoms with Crippen molar-refractivity contribution >= 4 is 11.3 Å². The van der Waals surface area contributed by atoms with Crippen LogP contribution in [0, 0.1) is 5.92 Å². The molecule has 2 nitrogen and oxygen atoms in total. The number of aromatic nitrogens is 1. The molecule has 1 fully saturated rings. The molecule has 0 unspecified atom stereocenters. The summed E-state index contributed by atoms with van der Waals surface area (Å²) >= 11 is 1.87. The van der Waals surface area contributed by atoms with Crippen molar-refractivity contribution in [2.75, 3.05) is 0 Å². The molecule has 0 spiro atoms. The Labute approximate surface area is 88.5 Å². The number of nitrogens with zero attached hydrogens (tertiary/aromatic N) is 1. The van der Waals surface area contributed by atoms with Crippen molar-refractivity contribution < 1.29 is 0 Å². The molecule has 1 aromatic rings. The Morgan fingerprint density at radius 1 is 1.43 bits per heavy atom. The Hall–Kier alpha value is -0.410. The molecule has 0 amide bonds. The minimum absolute atomic E-state index is 0.0611. The lowest BCUT2D eigenvalue weighted by atomic mass is 9.70. The lowest BCUT2D eigenvalue weighted by Crippen LogP contribution is -2.47. The number of hydrogen-bond donors (Lipinski definition) is 1. The maximum Gasteiger partial charge on any atom is 0.113 e. The van der Waals surface area contributed by atoms with E-state index >= 15 is 0 Å². The van der Waals surface area contributed by atoms with E-state index in [1.54, 1.807) is 0 Å². The molecule has 76 valence electrons. The van der Waals surface area contributed by atoms with Crippen LogP contribution in [-0.2, 0) is 18.4 Å². The molecule has 0 atom stereocenters. The summed E-state index contributed by atoms with van der Waals surface area (Å²) in [5.74, 6) is 0.791. The number of thiazole rings is 1. The van der Waals surface area contributed by atoms with Crippen LogP contribution in [0.15, 0.2) is 0 Å². The first-order valence-corrected chi connectivity index (χ1v) is 6.27. The third-order valence-electron chi connectivity index (χ3n) is 3.45. The third-order valence-corrected chi connectivity index (χ3v) is 4.82. The van der Waals surface area contributed by atoms with Crippen molar-refractivity contribution in [2.24, 2.45) is 11.7 Å². The van der Waals surface area contributed by atoms with Crippen LogP contribution in [0.4, 0.5) is 0 Å². The molecule has 1 heterocycles. The molecule has 14 heavy (non-hydrogen) atoms. The van der Waals surface area contributed by atoms with Gasteiger partial charge in [-0.1, -0.05) is 6.92 Å². The first-order valence-electron chi connectivity index (χ1n) is 5.45. The topological polar surface area (TPSA) is 38.9 Å².